The first-order chi connectivity index (χ1) is 15.0. The molecule has 0 spiro atoms. The first kappa shape index (κ1) is 22.9. The van der Waals surface area contributed by atoms with Gasteiger partial charge in [0.2, 0.25) is 0 Å². The summed E-state index contributed by atoms with van der Waals surface area (Å²) in [4.78, 5) is 72.2. The van der Waals surface area contributed by atoms with Crippen LogP contribution >= 0.6 is 0 Å². The average Bonchev–Trinajstić information content (AvgIpc) is 2.72. The van der Waals surface area contributed by atoms with Crippen molar-refractivity contribution >= 4 is 5.78 Å². The number of carbonyl (C=O) groups is 1. The molecule has 0 aliphatic carbocycles. The van der Waals surface area contributed by atoms with Gasteiger partial charge in [0.25, 0.3) is 20.3 Å². The predicted octanol–water partition coefficient (Wildman–Crippen LogP) is -0.902. The molecule has 31 heavy (non-hydrogen) atoms. The predicted molar refractivity (Wildman–Crippen MR) is 89.7 cm³/mol. The van der Waals surface area contributed by atoms with E-state index in [1.165, 1.54) is 30.3 Å². The summed E-state index contributed by atoms with van der Waals surface area (Å²) >= 11 is 0. The number of aliphatic hydroxyl groups excluding tert-OH is 1. The van der Waals surface area contributed by atoms with E-state index in [4.69, 9.17) is 1.37 Å². The fraction of sp³-hybridized carbons (Fsp3) is 0.462. The quantitative estimate of drug-likeness (QED) is 0.251. The first-order valence-electron chi connectivity index (χ1n) is 8.42. The molecule has 0 amide bonds. The number of rotatable bonds is 15. The van der Waals surface area contributed by atoms with Gasteiger partial charge in [-0.2, -0.15) is 0 Å². The van der Waals surface area contributed by atoms with Gasteiger partial charge in [0.15, 0.2) is 30.2 Å². The molecule has 18 nitrogen and oxygen atoms in total. The van der Waals surface area contributed by atoms with E-state index in [-0.39, 0.29) is 5.56 Å². The lowest BCUT2D eigenvalue weighted by Crippen LogP contribution is -2.55. The Morgan fingerprint density at radius 1 is 0.871 bits per heavy atom. The summed E-state index contributed by atoms with van der Waals surface area (Å²) in [7, 11) is 0. The molecule has 0 saturated heterocycles. The minimum absolute atomic E-state index is 0.0544. The number of carbonyl (C=O) groups excluding carboxylic acids is 1. The molecule has 1 rings (SSSR count). The Morgan fingerprint density at radius 2 is 1.35 bits per heavy atom. The van der Waals surface area contributed by atoms with Crippen molar-refractivity contribution < 1.29 is 51.0 Å². The van der Waals surface area contributed by atoms with Gasteiger partial charge in [-0.3, -0.25) is 4.79 Å². The van der Waals surface area contributed by atoms with E-state index in [9.17, 15) is 50.4 Å². The zero-order valence-electron chi connectivity index (χ0n) is 16.0. The Bertz CT molecular complexity index is 841. The van der Waals surface area contributed by atoms with Crippen LogP contribution in [0.3, 0.4) is 0 Å². The summed E-state index contributed by atoms with van der Waals surface area (Å²) in [6, 6.07) is 6.79. The van der Waals surface area contributed by atoms with Crippen molar-refractivity contribution in [2.24, 2.45) is 0 Å². The molecule has 1 N–H and O–H groups in total. The molecular weight excluding hydrogens is 436 g/mol. The van der Waals surface area contributed by atoms with Gasteiger partial charge in [0.1, 0.15) is 0 Å². The molecule has 0 fully saturated rings. The lowest BCUT2D eigenvalue weighted by atomic mass is 9.96. The number of nitrogens with zero attached hydrogens (tertiary/aromatic N) is 4. The summed E-state index contributed by atoms with van der Waals surface area (Å²) in [5.41, 5.74) is -0.0544. The van der Waals surface area contributed by atoms with Crippen LogP contribution in [0, 0.1) is 40.5 Å². The normalized spacial score (nSPS) is 15.7. The van der Waals surface area contributed by atoms with E-state index in [0.717, 1.165) is 0 Å². The minimum atomic E-state index is -2.76. The molecule has 0 aliphatic rings. The monoisotopic (exact) mass is 451 g/mol. The van der Waals surface area contributed by atoms with Gasteiger partial charge in [0, 0.05) is 7.77 Å². The van der Waals surface area contributed by atoms with E-state index in [0.29, 0.717) is 0 Å². The van der Waals surface area contributed by atoms with Gasteiger partial charge in [-0.1, -0.05) is 30.3 Å². The fourth-order valence-corrected chi connectivity index (χ4v) is 2.30. The third-order valence-corrected chi connectivity index (χ3v) is 3.39. The molecule has 0 aromatic heterocycles. The number of hydrogen-bond acceptors (Lipinski definition) is 14. The van der Waals surface area contributed by atoms with Crippen molar-refractivity contribution in [3.05, 3.63) is 76.4 Å². The van der Waals surface area contributed by atoms with Crippen LogP contribution in [0.15, 0.2) is 30.3 Å². The SMILES string of the molecule is [2H]C(C(=O)[C@H](O[N+](=O)[O-])[C@@H](O[N+](=O)[O-])[C@@H](O[N+](=O)[O-])[C@@H](CO)O[N+](=O)[O-])c1ccccc1. The smallest absolute Gasteiger partial charge is 0.295 e. The van der Waals surface area contributed by atoms with Gasteiger partial charge in [0.05, 0.1) is 6.61 Å². The van der Waals surface area contributed by atoms with Crippen molar-refractivity contribution in [2.45, 2.75) is 30.8 Å². The van der Waals surface area contributed by atoms with Crippen LogP contribution in [-0.2, 0) is 30.5 Å². The molecule has 0 aliphatic heterocycles. The summed E-state index contributed by atoms with van der Waals surface area (Å²) in [5, 5.41) is 46.1. The minimum Gasteiger partial charge on any atom is -0.394 e. The molecule has 0 heterocycles. The Hall–Kier alpha value is -4.35. The van der Waals surface area contributed by atoms with E-state index < -0.39 is 63.5 Å². The average molecular weight is 451 g/mol. The lowest BCUT2D eigenvalue weighted by Gasteiger charge is -2.31. The van der Waals surface area contributed by atoms with Crippen LogP contribution < -0.4 is 0 Å². The zero-order valence-corrected chi connectivity index (χ0v) is 15.0. The van der Waals surface area contributed by atoms with E-state index in [1.54, 1.807) is 0 Å². The Morgan fingerprint density at radius 3 is 1.81 bits per heavy atom. The molecule has 18 heteroatoms. The van der Waals surface area contributed by atoms with Crippen LogP contribution in [0.4, 0.5) is 0 Å². The van der Waals surface area contributed by atoms with Gasteiger partial charge in [-0.05, 0) is 5.56 Å². The van der Waals surface area contributed by atoms with E-state index in [1.807, 2.05) is 0 Å². The van der Waals surface area contributed by atoms with Gasteiger partial charge in [-0.25, -0.2) is 0 Å². The third kappa shape index (κ3) is 8.27. The second-order valence-electron chi connectivity index (χ2n) is 5.34. The molecule has 0 radical (unpaired) electrons. The Kier molecular flexibility index (Phi) is 8.58. The molecule has 1 aromatic carbocycles. The summed E-state index contributed by atoms with van der Waals surface area (Å²) < 4.78 is 7.98. The zero-order chi connectivity index (χ0) is 24.4. The number of benzene rings is 1. The van der Waals surface area contributed by atoms with Crippen LogP contribution in [0.2, 0.25) is 0 Å². The maximum atomic E-state index is 12.7. The lowest BCUT2D eigenvalue weighted by molar-refractivity contribution is -0.825. The fourth-order valence-electron chi connectivity index (χ4n) is 2.30. The maximum absolute atomic E-state index is 12.7. The summed E-state index contributed by atoms with van der Waals surface area (Å²) in [6.45, 7) is -1.45. The highest BCUT2D eigenvalue weighted by Gasteiger charge is 2.46. The third-order valence-electron chi connectivity index (χ3n) is 3.39. The highest BCUT2D eigenvalue weighted by Crippen LogP contribution is 2.21. The molecule has 170 valence electrons. The van der Waals surface area contributed by atoms with Crippen LogP contribution in [0.1, 0.15) is 6.93 Å². The van der Waals surface area contributed by atoms with Crippen LogP contribution in [0.5, 0.6) is 0 Å². The molecule has 0 saturated carbocycles. The van der Waals surface area contributed by atoms with Crippen molar-refractivity contribution in [3.8, 4) is 0 Å². The number of hydrogen-bond donors (Lipinski definition) is 1. The van der Waals surface area contributed by atoms with Gasteiger partial charge in [-0.15, -0.1) is 40.5 Å². The largest absolute Gasteiger partial charge is 0.394 e. The Balaban J connectivity index is 3.52. The number of aliphatic hydroxyl groups is 1. The Labute approximate surface area is 171 Å². The highest BCUT2D eigenvalue weighted by atomic mass is 17.0. The molecular formula is C13H14N4O14. The topological polar surface area (TPSA) is 247 Å². The van der Waals surface area contributed by atoms with Gasteiger partial charge >= 0.3 is 0 Å². The summed E-state index contributed by atoms with van der Waals surface area (Å²) in [5.74, 6) is -1.56. The van der Waals surface area contributed by atoms with Gasteiger partial charge < -0.3 is 24.5 Å². The number of ketones is 1. The standard InChI is InChI=1S/C13H14N4O14/c18-7-10(28-14(20)21)12(30-16(24)25)13(31-17(26)27)11(29-15(22)23)9(19)6-8-4-2-1-3-5-8/h1-5,10-13,18H,6-7H2/t10-,11+,12+,13-/m1/s1/i6D/t6?,10-,11+,12+,13-. The van der Waals surface area contributed by atoms with Crippen LogP contribution in [-0.4, -0.2) is 62.3 Å². The molecule has 1 aromatic rings. The van der Waals surface area contributed by atoms with Crippen molar-refractivity contribution in [2.75, 3.05) is 6.61 Å². The first-order valence-corrected chi connectivity index (χ1v) is 7.84. The molecule has 0 bridgehead atoms. The van der Waals surface area contributed by atoms with E-state index >= 15 is 0 Å². The summed E-state index contributed by atoms with van der Waals surface area (Å²) in [6.07, 6.45) is -12.5. The second kappa shape index (κ2) is 11.6. The molecule has 1 unspecified atom stereocenters. The van der Waals surface area contributed by atoms with Crippen LogP contribution in [0.25, 0.3) is 0 Å². The maximum Gasteiger partial charge on any atom is 0.295 e. The van der Waals surface area contributed by atoms with Crippen molar-refractivity contribution in [1.29, 1.82) is 0 Å². The molecule has 5 atom stereocenters. The number of Topliss-reactive ketones (excluding diaryl/α,β-unsaturated/α-hetero) is 1. The van der Waals surface area contributed by atoms with Crippen molar-refractivity contribution in [1.82, 2.24) is 0 Å². The van der Waals surface area contributed by atoms with Crippen molar-refractivity contribution in [3.63, 3.8) is 0 Å². The highest BCUT2D eigenvalue weighted by molar-refractivity contribution is 5.85. The van der Waals surface area contributed by atoms with E-state index in [2.05, 4.69) is 19.4 Å². The second-order valence-corrected chi connectivity index (χ2v) is 5.34.